The van der Waals surface area contributed by atoms with E-state index in [1.807, 2.05) is 13.8 Å². The SMILES string of the molecule is CNS(=O)(=O)Cc1ccc(CNC(=O)c2cc(C(C)C)nc3onc(C)c23)cc1. The van der Waals surface area contributed by atoms with E-state index in [9.17, 15) is 13.2 Å². The third kappa shape index (κ3) is 4.80. The van der Waals surface area contributed by atoms with Crippen LogP contribution in [0.4, 0.5) is 0 Å². The predicted octanol–water partition coefficient (Wildman–Crippen LogP) is 2.63. The van der Waals surface area contributed by atoms with Gasteiger partial charge in [-0.25, -0.2) is 18.1 Å². The number of benzene rings is 1. The van der Waals surface area contributed by atoms with Crippen LogP contribution in [-0.4, -0.2) is 31.5 Å². The number of hydrogen-bond acceptors (Lipinski definition) is 6. The topological polar surface area (TPSA) is 114 Å². The molecule has 1 amide bonds. The molecular weight excluding hydrogens is 392 g/mol. The number of fused-ring (bicyclic) bond motifs is 1. The lowest BCUT2D eigenvalue weighted by Crippen LogP contribution is -2.23. The van der Waals surface area contributed by atoms with Gasteiger partial charge in [0.1, 0.15) is 0 Å². The summed E-state index contributed by atoms with van der Waals surface area (Å²) >= 11 is 0. The van der Waals surface area contributed by atoms with Crippen LogP contribution in [0.3, 0.4) is 0 Å². The quantitative estimate of drug-likeness (QED) is 0.612. The third-order valence-corrected chi connectivity index (χ3v) is 5.95. The van der Waals surface area contributed by atoms with Crippen LogP contribution in [0.25, 0.3) is 11.1 Å². The minimum Gasteiger partial charge on any atom is -0.348 e. The number of amides is 1. The zero-order chi connectivity index (χ0) is 21.2. The number of carbonyl (C=O) groups excluding carboxylic acids is 1. The van der Waals surface area contributed by atoms with Crippen molar-refractivity contribution < 1.29 is 17.7 Å². The van der Waals surface area contributed by atoms with Crippen molar-refractivity contribution in [2.24, 2.45) is 0 Å². The van der Waals surface area contributed by atoms with Crippen LogP contribution in [0, 0.1) is 6.92 Å². The smallest absolute Gasteiger partial charge is 0.259 e. The van der Waals surface area contributed by atoms with Crippen LogP contribution in [0.5, 0.6) is 0 Å². The average Bonchev–Trinajstić information content (AvgIpc) is 3.07. The zero-order valence-corrected chi connectivity index (χ0v) is 17.6. The van der Waals surface area contributed by atoms with Crippen molar-refractivity contribution >= 4 is 27.0 Å². The maximum absolute atomic E-state index is 12.9. The zero-order valence-electron chi connectivity index (χ0n) is 16.8. The summed E-state index contributed by atoms with van der Waals surface area (Å²) in [6.07, 6.45) is 0. The molecule has 0 radical (unpaired) electrons. The van der Waals surface area contributed by atoms with Gasteiger partial charge in [-0.2, -0.15) is 0 Å². The van der Waals surface area contributed by atoms with E-state index in [2.05, 4.69) is 20.2 Å². The fourth-order valence-corrected chi connectivity index (χ4v) is 3.69. The van der Waals surface area contributed by atoms with Gasteiger partial charge in [-0.3, -0.25) is 4.79 Å². The van der Waals surface area contributed by atoms with Gasteiger partial charge in [0.2, 0.25) is 10.0 Å². The molecule has 0 unspecified atom stereocenters. The highest BCUT2D eigenvalue weighted by Crippen LogP contribution is 2.25. The molecule has 0 spiro atoms. The molecule has 1 aromatic carbocycles. The molecule has 9 heteroatoms. The van der Waals surface area contributed by atoms with E-state index in [1.165, 1.54) is 7.05 Å². The maximum Gasteiger partial charge on any atom is 0.259 e. The Balaban J connectivity index is 1.77. The fourth-order valence-electron chi connectivity index (χ4n) is 2.91. The lowest BCUT2D eigenvalue weighted by molar-refractivity contribution is 0.0952. The molecule has 154 valence electrons. The van der Waals surface area contributed by atoms with Crippen LogP contribution >= 0.6 is 0 Å². The molecule has 3 aromatic rings. The van der Waals surface area contributed by atoms with Crippen molar-refractivity contribution in [3.8, 4) is 0 Å². The average molecular weight is 417 g/mol. The van der Waals surface area contributed by atoms with Crippen LogP contribution < -0.4 is 10.0 Å². The summed E-state index contributed by atoms with van der Waals surface area (Å²) < 4.78 is 30.8. The molecule has 0 aliphatic heterocycles. The van der Waals surface area contributed by atoms with E-state index in [4.69, 9.17) is 4.52 Å². The lowest BCUT2D eigenvalue weighted by atomic mass is 10.0. The van der Waals surface area contributed by atoms with E-state index in [-0.39, 0.29) is 17.6 Å². The minimum atomic E-state index is -3.32. The highest BCUT2D eigenvalue weighted by atomic mass is 32.2. The van der Waals surface area contributed by atoms with Crippen LogP contribution in [0.2, 0.25) is 0 Å². The summed E-state index contributed by atoms with van der Waals surface area (Å²) in [7, 11) is -1.93. The van der Waals surface area contributed by atoms with Crippen LogP contribution in [0.1, 0.15) is 52.6 Å². The van der Waals surface area contributed by atoms with E-state index < -0.39 is 10.0 Å². The fraction of sp³-hybridized carbons (Fsp3) is 0.350. The van der Waals surface area contributed by atoms with Gasteiger partial charge in [-0.15, -0.1) is 0 Å². The summed E-state index contributed by atoms with van der Waals surface area (Å²) in [6, 6.07) is 8.85. The Hall–Kier alpha value is -2.78. The number of nitrogens with one attached hydrogen (secondary N) is 2. The molecule has 0 bridgehead atoms. The van der Waals surface area contributed by atoms with Gasteiger partial charge < -0.3 is 9.84 Å². The monoisotopic (exact) mass is 416 g/mol. The molecule has 3 rings (SSSR count). The second kappa shape index (κ2) is 8.30. The number of rotatable bonds is 7. The van der Waals surface area contributed by atoms with Crippen molar-refractivity contribution in [2.45, 2.75) is 39.0 Å². The second-order valence-electron chi connectivity index (χ2n) is 7.16. The normalized spacial score (nSPS) is 11.9. The molecule has 2 N–H and O–H groups in total. The number of aryl methyl sites for hydroxylation is 1. The Morgan fingerprint density at radius 3 is 2.45 bits per heavy atom. The van der Waals surface area contributed by atoms with Gasteiger partial charge in [-0.05, 0) is 37.1 Å². The molecule has 8 nitrogen and oxygen atoms in total. The second-order valence-corrected chi connectivity index (χ2v) is 9.09. The van der Waals surface area contributed by atoms with E-state index in [0.29, 0.717) is 34.5 Å². The predicted molar refractivity (Wildman–Crippen MR) is 110 cm³/mol. The first-order valence-corrected chi connectivity index (χ1v) is 10.9. The minimum absolute atomic E-state index is 0.0874. The molecular formula is C20H24N4O4S. The van der Waals surface area contributed by atoms with Gasteiger partial charge in [0, 0.05) is 12.2 Å². The number of aromatic nitrogens is 2. The number of nitrogens with zero attached hydrogens (tertiary/aromatic N) is 2. The highest BCUT2D eigenvalue weighted by Gasteiger charge is 2.19. The molecule has 0 saturated carbocycles. The summed E-state index contributed by atoms with van der Waals surface area (Å²) in [6.45, 7) is 6.07. The largest absolute Gasteiger partial charge is 0.348 e. The summed E-state index contributed by atoms with van der Waals surface area (Å²) in [5.74, 6) is -0.194. The molecule has 0 aliphatic carbocycles. The van der Waals surface area contributed by atoms with Crippen LogP contribution in [0.15, 0.2) is 34.9 Å². The number of sulfonamides is 1. The lowest BCUT2D eigenvalue weighted by Gasteiger charge is -2.10. The third-order valence-electron chi connectivity index (χ3n) is 4.62. The van der Waals surface area contributed by atoms with Gasteiger partial charge in [0.15, 0.2) is 0 Å². The molecule has 2 aromatic heterocycles. The molecule has 0 fully saturated rings. The van der Waals surface area contributed by atoms with E-state index >= 15 is 0 Å². The molecule has 29 heavy (non-hydrogen) atoms. The first-order chi connectivity index (χ1) is 13.7. The molecule has 0 saturated heterocycles. The first kappa shape index (κ1) is 20.9. The Morgan fingerprint density at radius 2 is 1.83 bits per heavy atom. The summed E-state index contributed by atoms with van der Waals surface area (Å²) in [5, 5.41) is 7.45. The maximum atomic E-state index is 12.9. The number of hydrogen-bond donors (Lipinski definition) is 2. The van der Waals surface area contributed by atoms with Crippen molar-refractivity contribution in [3.63, 3.8) is 0 Å². The van der Waals surface area contributed by atoms with Crippen molar-refractivity contribution in [2.75, 3.05) is 7.05 Å². The number of carbonyl (C=O) groups is 1. The standard InChI is InChI=1S/C20H24N4O4S/c1-12(2)17-9-16(18-13(3)24-28-20(18)23-17)19(25)22-10-14-5-7-15(8-6-14)11-29(26,27)21-4/h5-9,12,21H,10-11H2,1-4H3,(H,22,25). The summed E-state index contributed by atoms with van der Waals surface area (Å²) in [4.78, 5) is 17.3. The van der Waals surface area contributed by atoms with Gasteiger partial charge in [0.25, 0.3) is 11.6 Å². The van der Waals surface area contributed by atoms with Crippen molar-refractivity contribution in [3.05, 3.63) is 58.4 Å². The van der Waals surface area contributed by atoms with Crippen molar-refractivity contribution in [1.29, 1.82) is 0 Å². The van der Waals surface area contributed by atoms with Gasteiger partial charge >= 0.3 is 0 Å². The van der Waals surface area contributed by atoms with E-state index in [1.54, 1.807) is 37.3 Å². The van der Waals surface area contributed by atoms with Gasteiger partial charge in [-0.1, -0.05) is 43.3 Å². The summed E-state index contributed by atoms with van der Waals surface area (Å²) in [5.41, 5.74) is 3.74. The van der Waals surface area contributed by atoms with Crippen molar-refractivity contribution in [1.82, 2.24) is 20.2 Å². The highest BCUT2D eigenvalue weighted by molar-refractivity contribution is 7.88. The Bertz CT molecular complexity index is 1140. The van der Waals surface area contributed by atoms with E-state index in [0.717, 1.165) is 11.3 Å². The first-order valence-electron chi connectivity index (χ1n) is 9.24. The molecule has 0 aliphatic rings. The molecule has 2 heterocycles. The Labute approximate surface area is 169 Å². The Morgan fingerprint density at radius 1 is 1.17 bits per heavy atom. The molecule has 0 atom stereocenters. The van der Waals surface area contributed by atoms with Crippen LogP contribution in [-0.2, 0) is 22.3 Å². The number of pyridine rings is 1. The van der Waals surface area contributed by atoms with Gasteiger partial charge in [0.05, 0.1) is 22.4 Å². The Kier molecular flexibility index (Phi) is 5.99.